The molecule has 0 bridgehead atoms. The van der Waals surface area contributed by atoms with Crippen molar-refractivity contribution in [2.45, 2.75) is 71.4 Å². The molecule has 160 valence electrons. The van der Waals surface area contributed by atoms with Crippen molar-refractivity contribution in [3.05, 3.63) is 0 Å². The number of amides is 1. The number of likely N-dealkylation sites (tertiary alicyclic amines) is 1. The number of hydrogen-bond acceptors (Lipinski definition) is 5. The maximum absolute atomic E-state index is 12.0. The third-order valence-corrected chi connectivity index (χ3v) is 5.24. The topological polar surface area (TPSA) is 147 Å². The average Bonchev–Trinajstić information content (AvgIpc) is 2.56. The smallest absolute Gasteiger partial charge is 0.321 e. The first kappa shape index (κ1) is 26.0. The van der Waals surface area contributed by atoms with E-state index in [-0.39, 0.29) is 65.0 Å². The van der Waals surface area contributed by atoms with Gasteiger partial charge in [0.25, 0.3) is 0 Å². The number of aliphatic carboxylic acids is 2. The van der Waals surface area contributed by atoms with Gasteiger partial charge in [0.2, 0.25) is 5.91 Å². The van der Waals surface area contributed by atoms with Gasteiger partial charge < -0.3 is 26.6 Å². The van der Waals surface area contributed by atoms with Gasteiger partial charge in [-0.1, -0.05) is 33.6 Å². The summed E-state index contributed by atoms with van der Waals surface area (Å²) in [7, 11) is 0. The van der Waals surface area contributed by atoms with Crippen LogP contribution >= 0.6 is 0 Å². The van der Waals surface area contributed by atoms with E-state index in [9.17, 15) is 14.4 Å². The summed E-state index contributed by atoms with van der Waals surface area (Å²) < 4.78 is 0. The molecule has 0 spiro atoms. The Balaban J connectivity index is 0.000000629. The Morgan fingerprint density at radius 2 is 1.30 bits per heavy atom. The van der Waals surface area contributed by atoms with E-state index in [1.807, 2.05) is 0 Å². The van der Waals surface area contributed by atoms with E-state index in [1.54, 1.807) is 25.7 Å². The van der Waals surface area contributed by atoms with Crippen molar-refractivity contribution >= 4 is 17.8 Å². The second-order valence-corrected chi connectivity index (χ2v) is 8.35. The molecule has 1 aliphatic carbocycles. The first-order chi connectivity index (χ1) is 11.9. The zero-order valence-electron chi connectivity index (χ0n) is 16.3. The first-order valence-electron chi connectivity index (χ1n) is 9.19. The number of rotatable bonds is 2. The number of carbonyl (C=O) groups excluding carboxylic acids is 1. The Kier molecular flexibility index (Phi) is 10.1. The van der Waals surface area contributed by atoms with Crippen molar-refractivity contribution in [3.8, 4) is 0 Å². The van der Waals surface area contributed by atoms with Gasteiger partial charge in [0.1, 0.15) is 0 Å². The fourth-order valence-corrected chi connectivity index (χ4v) is 3.27. The Bertz CT molecular complexity index is 502. The number of nitrogens with two attached hydrogens (primary N) is 2. The standard InChI is InChI=1S/C12H19NO5.C6H14N2.Pt/c1-11(2,3)8(14)13-6-4-12(5-7-13,9(15)16)10(17)18;7-5-3-1-2-4-6(5)8;/h4-7H2,1-3H3,(H,15,16)(H,17,18);5-6H,1-4,7-8H2;/t;5-,6-;/m.1./s1. The van der Waals surface area contributed by atoms with E-state index in [4.69, 9.17) is 21.7 Å². The molecular formula is C18H33N3O5Pt. The van der Waals surface area contributed by atoms with Gasteiger partial charge in [-0.2, -0.15) is 0 Å². The van der Waals surface area contributed by atoms with Crippen LogP contribution in [0, 0.1) is 10.8 Å². The number of piperidine rings is 1. The van der Waals surface area contributed by atoms with Crippen molar-refractivity contribution in [1.29, 1.82) is 0 Å². The van der Waals surface area contributed by atoms with E-state index in [2.05, 4.69) is 0 Å². The summed E-state index contributed by atoms with van der Waals surface area (Å²) in [6.07, 6.45) is 4.71. The van der Waals surface area contributed by atoms with Gasteiger partial charge in [0, 0.05) is 51.7 Å². The van der Waals surface area contributed by atoms with Crippen LogP contribution in [0.2, 0.25) is 0 Å². The summed E-state index contributed by atoms with van der Waals surface area (Å²) in [5.74, 6) is -2.72. The predicted octanol–water partition coefficient (Wildman–Crippen LogP) is 1.02. The van der Waals surface area contributed by atoms with E-state index in [0.29, 0.717) is 0 Å². The zero-order valence-corrected chi connectivity index (χ0v) is 18.6. The molecule has 1 saturated heterocycles. The maximum atomic E-state index is 12.0. The number of carboxylic acid groups (broad SMARTS) is 2. The van der Waals surface area contributed by atoms with Crippen LogP contribution in [0.15, 0.2) is 0 Å². The molecule has 0 aromatic heterocycles. The molecule has 8 nitrogen and oxygen atoms in total. The molecule has 0 unspecified atom stereocenters. The Morgan fingerprint density at radius 3 is 1.56 bits per heavy atom. The molecule has 2 rings (SSSR count). The van der Waals surface area contributed by atoms with E-state index in [0.717, 1.165) is 12.8 Å². The van der Waals surface area contributed by atoms with Gasteiger partial charge in [-0.25, -0.2) is 0 Å². The quantitative estimate of drug-likeness (QED) is 0.365. The first-order valence-corrected chi connectivity index (χ1v) is 9.19. The van der Waals surface area contributed by atoms with Crippen LogP contribution in [-0.2, 0) is 35.4 Å². The number of carboxylic acids is 2. The summed E-state index contributed by atoms with van der Waals surface area (Å²) >= 11 is 0. The van der Waals surface area contributed by atoms with Crippen LogP contribution < -0.4 is 11.5 Å². The molecule has 1 amide bonds. The Labute approximate surface area is 175 Å². The van der Waals surface area contributed by atoms with E-state index >= 15 is 0 Å². The summed E-state index contributed by atoms with van der Waals surface area (Å²) in [6.45, 7) is 5.70. The van der Waals surface area contributed by atoms with Crippen LogP contribution in [0.1, 0.15) is 59.3 Å². The van der Waals surface area contributed by atoms with Crippen molar-refractivity contribution in [2.24, 2.45) is 22.3 Å². The average molecular weight is 567 g/mol. The largest absolute Gasteiger partial charge is 0.480 e. The van der Waals surface area contributed by atoms with Crippen molar-refractivity contribution in [3.63, 3.8) is 0 Å². The molecule has 1 aliphatic heterocycles. The fourth-order valence-electron chi connectivity index (χ4n) is 3.27. The molecule has 0 radical (unpaired) electrons. The third-order valence-electron chi connectivity index (χ3n) is 5.24. The molecular weight excluding hydrogens is 533 g/mol. The molecule has 2 aliphatic rings. The second-order valence-electron chi connectivity index (χ2n) is 8.35. The predicted molar refractivity (Wildman–Crippen MR) is 97.4 cm³/mol. The van der Waals surface area contributed by atoms with Gasteiger partial charge >= 0.3 is 11.9 Å². The normalized spacial score (nSPS) is 24.7. The van der Waals surface area contributed by atoms with Crippen LogP contribution in [-0.4, -0.2) is 58.1 Å². The summed E-state index contributed by atoms with van der Waals surface area (Å²) in [5, 5.41) is 18.1. The van der Waals surface area contributed by atoms with Gasteiger partial charge in [0.15, 0.2) is 5.41 Å². The Morgan fingerprint density at radius 1 is 0.926 bits per heavy atom. The molecule has 9 heteroatoms. The molecule has 1 heterocycles. The molecule has 0 aromatic carbocycles. The fraction of sp³-hybridized carbons (Fsp3) is 0.833. The second kappa shape index (κ2) is 10.5. The Hall–Kier alpha value is -0.982. The molecule has 6 N–H and O–H groups in total. The van der Waals surface area contributed by atoms with Crippen LogP contribution in [0.3, 0.4) is 0 Å². The minimum Gasteiger partial charge on any atom is -0.480 e. The van der Waals surface area contributed by atoms with Crippen LogP contribution in [0.4, 0.5) is 0 Å². The van der Waals surface area contributed by atoms with Gasteiger partial charge in [0.05, 0.1) is 0 Å². The minimum atomic E-state index is -1.74. The van der Waals surface area contributed by atoms with Crippen molar-refractivity contribution in [1.82, 2.24) is 4.90 Å². The van der Waals surface area contributed by atoms with Gasteiger partial charge in [-0.05, 0) is 25.7 Å². The van der Waals surface area contributed by atoms with Crippen molar-refractivity contribution < 1.29 is 45.7 Å². The van der Waals surface area contributed by atoms with Gasteiger partial charge in [-0.3, -0.25) is 14.4 Å². The zero-order chi connectivity index (χ0) is 20.1. The van der Waals surface area contributed by atoms with Gasteiger partial charge in [-0.15, -0.1) is 0 Å². The van der Waals surface area contributed by atoms with E-state index in [1.165, 1.54) is 12.8 Å². The molecule has 2 atom stereocenters. The monoisotopic (exact) mass is 566 g/mol. The molecule has 2 fully saturated rings. The van der Waals surface area contributed by atoms with Crippen LogP contribution in [0.5, 0.6) is 0 Å². The summed E-state index contributed by atoms with van der Waals surface area (Å²) in [4.78, 5) is 35.8. The van der Waals surface area contributed by atoms with Crippen LogP contribution in [0.25, 0.3) is 0 Å². The number of nitrogens with zero attached hydrogens (tertiary/aromatic N) is 1. The summed E-state index contributed by atoms with van der Waals surface area (Å²) in [5.41, 5.74) is 9.03. The number of hydrogen-bond donors (Lipinski definition) is 4. The van der Waals surface area contributed by atoms with Crippen molar-refractivity contribution in [2.75, 3.05) is 13.1 Å². The molecule has 1 saturated carbocycles. The van der Waals surface area contributed by atoms with E-state index < -0.39 is 22.8 Å². The summed E-state index contributed by atoms with van der Waals surface area (Å²) in [6, 6.07) is 0.562. The molecule has 0 aromatic rings. The molecule has 27 heavy (non-hydrogen) atoms. The minimum absolute atomic E-state index is 0. The number of carbonyl (C=O) groups is 3. The third kappa shape index (κ3) is 6.84. The SMILES string of the molecule is CC(C)(C)C(=O)N1CCC(C(=O)O)(C(=O)O)CC1.N[C@@H]1CCCC[C@H]1N.[Pt]. The maximum Gasteiger partial charge on any atom is 0.321 e.